The van der Waals surface area contributed by atoms with Gasteiger partial charge in [-0.05, 0) is 44.2 Å². The molecule has 3 N–H and O–H groups in total. The van der Waals surface area contributed by atoms with E-state index in [1.807, 2.05) is 18.2 Å². The van der Waals surface area contributed by atoms with Crippen LogP contribution in [0.3, 0.4) is 0 Å². The van der Waals surface area contributed by atoms with Crippen LogP contribution in [0.4, 0.5) is 5.69 Å². The van der Waals surface area contributed by atoms with Crippen molar-refractivity contribution in [1.29, 1.82) is 0 Å². The summed E-state index contributed by atoms with van der Waals surface area (Å²) < 4.78 is 2.20. The number of amides is 1. The lowest BCUT2D eigenvalue weighted by Gasteiger charge is -2.12. The highest BCUT2D eigenvalue weighted by Gasteiger charge is 2.12. The summed E-state index contributed by atoms with van der Waals surface area (Å²) in [5.74, 6) is -0.190. The van der Waals surface area contributed by atoms with Crippen LogP contribution in [0, 0.1) is 0 Å². The maximum atomic E-state index is 12.4. The van der Waals surface area contributed by atoms with Crippen molar-refractivity contribution in [2.75, 3.05) is 32.5 Å². The van der Waals surface area contributed by atoms with Crippen molar-refractivity contribution in [2.45, 2.75) is 13.0 Å². The normalized spacial score (nSPS) is 11.4. The van der Waals surface area contributed by atoms with Gasteiger partial charge in [-0.15, -0.1) is 11.3 Å². The van der Waals surface area contributed by atoms with Crippen molar-refractivity contribution in [1.82, 2.24) is 14.5 Å². The third kappa shape index (κ3) is 4.25. The van der Waals surface area contributed by atoms with E-state index in [4.69, 9.17) is 5.73 Å². The molecule has 132 valence electrons. The average Bonchev–Trinajstić information content (AvgIpc) is 3.20. The molecule has 3 aromatic rings. The zero-order valence-corrected chi connectivity index (χ0v) is 15.3. The molecule has 0 bridgehead atoms. The summed E-state index contributed by atoms with van der Waals surface area (Å²) in [6, 6.07) is 8.05. The average molecular weight is 357 g/mol. The second-order valence-electron chi connectivity index (χ2n) is 6.21. The first-order valence-corrected chi connectivity index (χ1v) is 9.14. The number of rotatable bonds is 7. The number of anilines is 1. The van der Waals surface area contributed by atoms with Crippen molar-refractivity contribution in [3.05, 3.63) is 46.5 Å². The van der Waals surface area contributed by atoms with Gasteiger partial charge in [0.25, 0.3) is 5.91 Å². The summed E-state index contributed by atoms with van der Waals surface area (Å²) in [4.78, 5) is 18.9. The molecule has 0 aliphatic rings. The Hall–Kier alpha value is -2.22. The molecule has 0 atom stereocenters. The smallest absolute Gasteiger partial charge is 0.275 e. The molecule has 0 spiro atoms. The molecule has 3 rings (SSSR count). The number of hydrogen-bond donors (Lipinski definition) is 2. The molecule has 0 unspecified atom stereocenters. The van der Waals surface area contributed by atoms with Gasteiger partial charge in [0, 0.05) is 36.8 Å². The van der Waals surface area contributed by atoms with E-state index in [0.29, 0.717) is 18.7 Å². The van der Waals surface area contributed by atoms with Gasteiger partial charge in [-0.2, -0.15) is 0 Å². The molecule has 2 heterocycles. The lowest BCUT2D eigenvalue weighted by Crippen LogP contribution is -2.18. The quantitative estimate of drug-likeness (QED) is 0.681. The Kier molecular flexibility index (Phi) is 5.47. The molecule has 0 aliphatic carbocycles. The zero-order chi connectivity index (χ0) is 17.8. The van der Waals surface area contributed by atoms with Gasteiger partial charge in [-0.3, -0.25) is 4.79 Å². The molecule has 0 radical (unpaired) electrons. The summed E-state index contributed by atoms with van der Waals surface area (Å²) in [6.45, 7) is 2.40. The van der Waals surface area contributed by atoms with E-state index >= 15 is 0 Å². The van der Waals surface area contributed by atoms with Gasteiger partial charge in [-0.1, -0.05) is 6.07 Å². The van der Waals surface area contributed by atoms with Crippen LogP contribution in [0.2, 0.25) is 0 Å². The molecule has 0 aliphatic heterocycles. The van der Waals surface area contributed by atoms with Gasteiger partial charge < -0.3 is 20.5 Å². The predicted octanol–water partition coefficient (Wildman–Crippen LogP) is 2.41. The van der Waals surface area contributed by atoms with Gasteiger partial charge in [0.1, 0.15) is 5.69 Å². The maximum absolute atomic E-state index is 12.4. The summed E-state index contributed by atoms with van der Waals surface area (Å²) >= 11 is 1.47. The van der Waals surface area contributed by atoms with E-state index in [1.165, 1.54) is 11.3 Å². The topological polar surface area (TPSA) is 76.2 Å². The zero-order valence-electron chi connectivity index (χ0n) is 14.5. The molecular weight excluding hydrogens is 334 g/mol. The molecule has 2 aromatic heterocycles. The first-order chi connectivity index (χ1) is 12.1. The van der Waals surface area contributed by atoms with Gasteiger partial charge in [0.15, 0.2) is 0 Å². The van der Waals surface area contributed by atoms with Crippen LogP contribution in [0.25, 0.3) is 10.9 Å². The molecule has 25 heavy (non-hydrogen) atoms. The van der Waals surface area contributed by atoms with Crippen LogP contribution >= 0.6 is 11.3 Å². The SMILES string of the molecule is CN(C)CCn1ccc2ccc(NC(=O)c3csc(CCN)n3)cc21. The summed E-state index contributed by atoms with van der Waals surface area (Å²) in [7, 11) is 4.12. The highest BCUT2D eigenvalue weighted by Crippen LogP contribution is 2.21. The fraction of sp³-hybridized carbons (Fsp3) is 0.333. The number of fused-ring (bicyclic) bond motifs is 1. The standard InChI is InChI=1S/C18H23N5OS/c1-22(2)9-10-23-8-6-13-3-4-14(11-16(13)23)20-18(24)15-12-25-17(21-15)5-7-19/h3-4,6,8,11-12H,5,7,9-10,19H2,1-2H3,(H,20,24). The number of hydrogen-bond acceptors (Lipinski definition) is 5. The van der Waals surface area contributed by atoms with Gasteiger partial charge in [0.05, 0.1) is 10.5 Å². The number of nitrogens with two attached hydrogens (primary N) is 1. The van der Waals surface area contributed by atoms with Gasteiger partial charge in [0.2, 0.25) is 0 Å². The van der Waals surface area contributed by atoms with Crippen molar-refractivity contribution in [3.8, 4) is 0 Å². The molecule has 0 saturated carbocycles. The third-order valence-electron chi connectivity index (χ3n) is 3.96. The number of benzene rings is 1. The van der Waals surface area contributed by atoms with Gasteiger partial charge >= 0.3 is 0 Å². The van der Waals surface area contributed by atoms with Crippen LogP contribution in [0.15, 0.2) is 35.8 Å². The molecule has 0 saturated heterocycles. The number of aromatic nitrogens is 2. The number of carbonyl (C=O) groups is 1. The Bertz CT molecular complexity index is 867. The number of thiazole rings is 1. The van der Waals surface area contributed by atoms with Crippen LogP contribution in [0.5, 0.6) is 0 Å². The molecule has 0 fully saturated rings. The highest BCUT2D eigenvalue weighted by molar-refractivity contribution is 7.09. The van der Waals surface area contributed by atoms with Crippen LogP contribution in [-0.4, -0.2) is 47.5 Å². The molecule has 1 aromatic carbocycles. The van der Waals surface area contributed by atoms with E-state index in [9.17, 15) is 4.79 Å². The largest absolute Gasteiger partial charge is 0.346 e. The van der Waals surface area contributed by atoms with E-state index in [2.05, 4.69) is 46.1 Å². The maximum Gasteiger partial charge on any atom is 0.275 e. The lowest BCUT2D eigenvalue weighted by atomic mass is 10.2. The van der Waals surface area contributed by atoms with E-state index in [0.717, 1.165) is 34.7 Å². The minimum absolute atomic E-state index is 0.190. The Morgan fingerprint density at radius 3 is 2.96 bits per heavy atom. The van der Waals surface area contributed by atoms with E-state index in [-0.39, 0.29) is 5.91 Å². The molecule has 1 amide bonds. The number of nitrogens with one attached hydrogen (secondary N) is 1. The van der Waals surface area contributed by atoms with Crippen LogP contribution in [0.1, 0.15) is 15.5 Å². The fourth-order valence-corrected chi connectivity index (χ4v) is 3.41. The first kappa shape index (κ1) is 17.6. The Morgan fingerprint density at radius 1 is 1.36 bits per heavy atom. The number of nitrogens with zero attached hydrogens (tertiary/aromatic N) is 3. The van der Waals surface area contributed by atoms with Crippen molar-refractivity contribution >= 4 is 33.8 Å². The Labute approximate surface area is 151 Å². The predicted molar refractivity (Wildman–Crippen MR) is 103 cm³/mol. The Balaban J connectivity index is 1.76. The Morgan fingerprint density at radius 2 is 2.20 bits per heavy atom. The molecular formula is C18H23N5OS. The molecule has 7 heteroatoms. The second kappa shape index (κ2) is 7.77. The van der Waals surface area contributed by atoms with Crippen LogP contribution in [-0.2, 0) is 13.0 Å². The number of carbonyl (C=O) groups excluding carboxylic acids is 1. The van der Waals surface area contributed by atoms with E-state index < -0.39 is 0 Å². The fourth-order valence-electron chi connectivity index (χ4n) is 2.61. The summed E-state index contributed by atoms with van der Waals surface area (Å²) in [5.41, 5.74) is 7.86. The molecule has 6 nitrogen and oxygen atoms in total. The second-order valence-corrected chi connectivity index (χ2v) is 7.15. The third-order valence-corrected chi connectivity index (χ3v) is 4.87. The van der Waals surface area contributed by atoms with Crippen LogP contribution < -0.4 is 11.1 Å². The van der Waals surface area contributed by atoms with E-state index in [1.54, 1.807) is 5.38 Å². The van der Waals surface area contributed by atoms with Crippen molar-refractivity contribution in [3.63, 3.8) is 0 Å². The summed E-state index contributed by atoms with van der Waals surface area (Å²) in [6.07, 6.45) is 2.78. The number of likely N-dealkylation sites (N-methyl/N-ethyl adjacent to an activating group) is 1. The van der Waals surface area contributed by atoms with Crippen molar-refractivity contribution in [2.24, 2.45) is 5.73 Å². The van der Waals surface area contributed by atoms with Gasteiger partial charge in [-0.25, -0.2) is 4.98 Å². The minimum Gasteiger partial charge on any atom is -0.346 e. The monoisotopic (exact) mass is 357 g/mol. The summed E-state index contributed by atoms with van der Waals surface area (Å²) in [5, 5.41) is 6.77. The minimum atomic E-state index is -0.190. The van der Waals surface area contributed by atoms with Crippen molar-refractivity contribution < 1.29 is 4.79 Å². The highest BCUT2D eigenvalue weighted by atomic mass is 32.1. The first-order valence-electron chi connectivity index (χ1n) is 8.26. The lowest BCUT2D eigenvalue weighted by molar-refractivity contribution is 0.102.